The maximum Gasteiger partial charge on any atom is 0.225 e. The van der Waals surface area contributed by atoms with Gasteiger partial charge in [-0.05, 0) is 93.2 Å². The Balaban J connectivity index is 1.41. The van der Waals surface area contributed by atoms with Crippen molar-refractivity contribution >= 4 is 23.0 Å². The Labute approximate surface area is 203 Å². The van der Waals surface area contributed by atoms with Crippen molar-refractivity contribution in [1.82, 2.24) is 5.32 Å². The van der Waals surface area contributed by atoms with Gasteiger partial charge in [-0.2, -0.15) is 0 Å². The highest BCUT2D eigenvalue weighted by Crippen LogP contribution is 2.30. The lowest BCUT2D eigenvalue weighted by molar-refractivity contribution is -0.130. The lowest BCUT2D eigenvalue weighted by atomic mass is 9.81. The van der Waals surface area contributed by atoms with Gasteiger partial charge in [0.05, 0.1) is 6.61 Å². The third kappa shape index (κ3) is 7.04. The average Bonchev–Trinajstić information content (AvgIpc) is 2.79. The number of nitrogens with one attached hydrogen (secondary N) is 1. The van der Waals surface area contributed by atoms with Crippen LogP contribution in [0.3, 0.4) is 0 Å². The molecule has 2 aromatic rings. The van der Waals surface area contributed by atoms with Gasteiger partial charge in [0.15, 0.2) is 0 Å². The predicted octanol–water partition coefficient (Wildman–Crippen LogP) is 6.29. The summed E-state index contributed by atoms with van der Waals surface area (Å²) in [5.41, 5.74) is 2.91. The number of phenolic OH excluding ortho intramolecular Hbond substituents is 1. The fourth-order valence-corrected chi connectivity index (χ4v) is 4.79. The van der Waals surface area contributed by atoms with E-state index in [1.807, 2.05) is 26.0 Å². The first kappa shape index (κ1) is 25.2. The second-order valence-corrected chi connectivity index (χ2v) is 10.5. The van der Waals surface area contributed by atoms with Crippen molar-refractivity contribution in [1.29, 1.82) is 0 Å². The standard InChI is InChI=1S/C28H37NO3S/c1-19-6-7-20(2)25(18-19)32-17-5-16-28(3,4)27(31)29-23-12-8-21(9-13-23)26(33)22-10-14-24(30)15-11-22/h6-7,10-11,14-15,18,21,23,30H,5,8-9,12-13,16-17H2,1-4H3,(H,29,31). The Kier molecular flexibility index (Phi) is 8.52. The predicted molar refractivity (Wildman–Crippen MR) is 138 cm³/mol. The van der Waals surface area contributed by atoms with Gasteiger partial charge in [-0.1, -0.05) is 50.3 Å². The Hall–Kier alpha value is -2.40. The molecule has 3 rings (SSSR count). The van der Waals surface area contributed by atoms with Crippen LogP contribution >= 0.6 is 12.2 Å². The zero-order chi connectivity index (χ0) is 24.0. The zero-order valence-electron chi connectivity index (χ0n) is 20.3. The van der Waals surface area contributed by atoms with Crippen LogP contribution in [-0.2, 0) is 4.79 Å². The molecule has 33 heavy (non-hydrogen) atoms. The third-order valence-corrected chi connectivity index (χ3v) is 7.32. The Morgan fingerprint density at radius 1 is 1.09 bits per heavy atom. The first-order valence-corrected chi connectivity index (χ1v) is 12.4. The minimum absolute atomic E-state index is 0.124. The van der Waals surface area contributed by atoms with Gasteiger partial charge in [-0.3, -0.25) is 4.79 Å². The molecule has 0 unspecified atom stereocenters. The molecule has 1 fully saturated rings. The van der Waals surface area contributed by atoms with E-state index in [1.54, 1.807) is 12.1 Å². The molecule has 178 valence electrons. The quantitative estimate of drug-likeness (QED) is 0.259. The van der Waals surface area contributed by atoms with E-state index in [0.717, 1.165) is 60.3 Å². The number of rotatable bonds is 9. The molecule has 0 heterocycles. The molecule has 5 heteroatoms. The third-order valence-electron chi connectivity index (χ3n) is 6.75. The maximum absolute atomic E-state index is 13.0. The Bertz CT molecular complexity index is 960. The molecular formula is C28H37NO3S. The highest BCUT2D eigenvalue weighted by atomic mass is 32.1. The number of benzene rings is 2. The molecule has 1 aliphatic rings. The number of aromatic hydroxyl groups is 1. The number of aryl methyl sites for hydroxylation is 2. The summed E-state index contributed by atoms with van der Waals surface area (Å²) in [4.78, 5) is 13.9. The molecular weight excluding hydrogens is 430 g/mol. The normalized spacial score (nSPS) is 18.5. The van der Waals surface area contributed by atoms with Gasteiger partial charge in [0.1, 0.15) is 11.5 Å². The molecule has 0 saturated heterocycles. The van der Waals surface area contributed by atoms with Crippen molar-refractivity contribution in [2.75, 3.05) is 6.61 Å². The van der Waals surface area contributed by atoms with E-state index in [-0.39, 0.29) is 17.7 Å². The van der Waals surface area contributed by atoms with Crippen LogP contribution < -0.4 is 10.1 Å². The van der Waals surface area contributed by atoms with Crippen LogP contribution in [0.15, 0.2) is 42.5 Å². The van der Waals surface area contributed by atoms with Crippen molar-refractivity contribution in [3.8, 4) is 11.5 Å². The van der Waals surface area contributed by atoms with E-state index in [0.29, 0.717) is 12.5 Å². The van der Waals surface area contributed by atoms with Crippen LogP contribution in [0.5, 0.6) is 11.5 Å². The van der Waals surface area contributed by atoms with Crippen LogP contribution in [0, 0.1) is 25.2 Å². The minimum atomic E-state index is -0.427. The van der Waals surface area contributed by atoms with Crippen LogP contribution in [0.2, 0.25) is 0 Å². The van der Waals surface area contributed by atoms with Crippen molar-refractivity contribution < 1.29 is 14.6 Å². The van der Waals surface area contributed by atoms with E-state index >= 15 is 0 Å². The number of phenols is 1. The summed E-state index contributed by atoms with van der Waals surface area (Å²) in [5.74, 6) is 1.67. The summed E-state index contributed by atoms with van der Waals surface area (Å²) in [6, 6.07) is 13.6. The highest BCUT2D eigenvalue weighted by Gasteiger charge is 2.31. The fraction of sp³-hybridized carbons (Fsp3) is 0.500. The summed E-state index contributed by atoms with van der Waals surface area (Å²) >= 11 is 5.70. The molecule has 0 bridgehead atoms. The smallest absolute Gasteiger partial charge is 0.225 e. The van der Waals surface area contributed by atoms with Gasteiger partial charge in [-0.15, -0.1) is 0 Å². The zero-order valence-corrected chi connectivity index (χ0v) is 21.1. The van der Waals surface area contributed by atoms with Crippen molar-refractivity contribution in [2.24, 2.45) is 11.3 Å². The molecule has 2 aromatic carbocycles. The van der Waals surface area contributed by atoms with Gasteiger partial charge >= 0.3 is 0 Å². The Morgan fingerprint density at radius 3 is 2.42 bits per heavy atom. The van der Waals surface area contributed by atoms with E-state index in [2.05, 4.69) is 37.4 Å². The number of carbonyl (C=O) groups excluding carboxylic acids is 1. The summed E-state index contributed by atoms with van der Waals surface area (Å²) < 4.78 is 5.96. The van der Waals surface area contributed by atoms with Gasteiger partial charge < -0.3 is 15.2 Å². The first-order chi connectivity index (χ1) is 15.7. The minimum Gasteiger partial charge on any atom is -0.508 e. The number of ether oxygens (including phenoxy) is 1. The topological polar surface area (TPSA) is 58.6 Å². The molecule has 0 aliphatic heterocycles. The number of hydrogen-bond acceptors (Lipinski definition) is 4. The van der Waals surface area contributed by atoms with Gasteiger partial charge in [0.25, 0.3) is 0 Å². The molecule has 1 saturated carbocycles. The SMILES string of the molecule is Cc1ccc(C)c(OCCCC(C)(C)C(=O)NC2CCC(C(=S)c3ccc(O)cc3)CC2)c1. The molecule has 0 aromatic heterocycles. The Morgan fingerprint density at radius 2 is 1.76 bits per heavy atom. The van der Waals surface area contributed by atoms with E-state index < -0.39 is 5.41 Å². The van der Waals surface area contributed by atoms with Gasteiger partial charge in [-0.25, -0.2) is 0 Å². The van der Waals surface area contributed by atoms with Crippen LogP contribution in [-0.4, -0.2) is 28.5 Å². The van der Waals surface area contributed by atoms with Crippen molar-refractivity contribution in [2.45, 2.75) is 72.3 Å². The summed E-state index contributed by atoms with van der Waals surface area (Å²) in [6.45, 7) is 8.77. The average molecular weight is 468 g/mol. The van der Waals surface area contributed by atoms with Crippen LogP contribution in [0.4, 0.5) is 0 Å². The molecule has 4 nitrogen and oxygen atoms in total. The van der Waals surface area contributed by atoms with Crippen molar-refractivity contribution in [3.63, 3.8) is 0 Å². The van der Waals surface area contributed by atoms with Crippen molar-refractivity contribution in [3.05, 3.63) is 59.2 Å². The first-order valence-electron chi connectivity index (χ1n) is 12.0. The second-order valence-electron chi connectivity index (χ2n) is 10.0. The second kappa shape index (κ2) is 11.1. The molecule has 0 radical (unpaired) electrons. The number of amides is 1. The van der Waals surface area contributed by atoms with E-state index in [9.17, 15) is 9.90 Å². The molecule has 1 aliphatic carbocycles. The largest absolute Gasteiger partial charge is 0.508 e. The lowest BCUT2D eigenvalue weighted by Gasteiger charge is -2.32. The summed E-state index contributed by atoms with van der Waals surface area (Å²) in [5, 5.41) is 12.8. The lowest BCUT2D eigenvalue weighted by Crippen LogP contribution is -2.44. The number of hydrogen-bond donors (Lipinski definition) is 2. The number of thiocarbonyl (C=S) groups is 1. The monoisotopic (exact) mass is 467 g/mol. The van der Waals surface area contributed by atoms with Crippen LogP contribution in [0.1, 0.15) is 69.1 Å². The molecule has 0 spiro atoms. The highest BCUT2D eigenvalue weighted by molar-refractivity contribution is 7.80. The molecule has 0 atom stereocenters. The van der Waals surface area contributed by atoms with Gasteiger partial charge in [0, 0.05) is 16.3 Å². The fourth-order valence-electron chi connectivity index (χ4n) is 4.41. The van der Waals surface area contributed by atoms with E-state index in [1.165, 1.54) is 5.56 Å². The van der Waals surface area contributed by atoms with Gasteiger partial charge in [0.2, 0.25) is 5.91 Å². The molecule has 2 N–H and O–H groups in total. The number of carbonyl (C=O) groups is 1. The summed E-state index contributed by atoms with van der Waals surface area (Å²) in [7, 11) is 0. The van der Waals surface area contributed by atoms with E-state index in [4.69, 9.17) is 17.0 Å². The maximum atomic E-state index is 13.0. The summed E-state index contributed by atoms with van der Waals surface area (Å²) in [6.07, 6.45) is 5.47. The molecule has 1 amide bonds. The van der Waals surface area contributed by atoms with Crippen LogP contribution in [0.25, 0.3) is 0 Å².